The molecule has 3 aromatic rings. The van der Waals surface area contributed by atoms with Crippen molar-refractivity contribution in [3.63, 3.8) is 0 Å². The lowest BCUT2D eigenvalue weighted by molar-refractivity contribution is 0.0561. The number of benzene rings is 2. The van der Waals surface area contributed by atoms with E-state index in [-0.39, 0.29) is 35.0 Å². The normalized spacial score (nSPS) is 12.7. The Kier molecular flexibility index (Phi) is 5.58. The number of rotatable bonds is 2. The summed E-state index contributed by atoms with van der Waals surface area (Å²) < 4.78 is 19.9. The second kappa shape index (κ2) is 8.40. The van der Waals surface area contributed by atoms with E-state index in [0.29, 0.717) is 11.1 Å². The zero-order valence-electron chi connectivity index (χ0n) is 18.5. The van der Waals surface area contributed by atoms with Crippen molar-refractivity contribution in [1.82, 2.24) is 20.2 Å². The first-order valence-electron chi connectivity index (χ1n) is 10.2. The number of aliphatic imine (C=N–C) groups is 1. The molecule has 2 heterocycles. The SMILES string of the molecule is CC(C)(C)OC(=O)N/C(=N/C#N)NCc1ccc2nc3n(c(=O)c2c1)-c1ccc(F)cc1C3=O. The van der Waals surface area contributed by atoms with Crippen LogP contribution in [0, 0.1) is 17.3 Å². The number of carbonyl (C=O) groups excluding carboxylic acids is 2. The molecule has 2 N–H and O–H groups in total. The van der Waals surface area contributed by atoms with Crippen LogP contribution in [0.2, 0.25) is 0 Å². The largest absolute Gasteiger partial charge is 0.444 e. The molecule has 34 heavy (non-hydrogen) atoms. The van der Waals surface area contributed by atoms with Gasteiger partial charge in [-0.05, 0) is 56.7 Å². The Hall–Kier alpha value is -4.59. The average molecular weight is 462 g/mol. The summed E-state index contributed by atoms with van der Waals surface area (Å²) in [5, 5.41) is 14.3. The molecule has 172 valence electrons. The van der Waals surface area contributed by atoms with Gasteiger partial charge in [-0.1, -0.05) is 6.07 Å². The molecule has 0 atom stereocenters. The molecule has 10 nitrogen and oxygen atoms in total. The zero-order valence-corrected chi connectivity index (χ0v) is 18.5. The van der Waals surface area contributed by atoms with Gasteiger partial charge in [-0.15, -0.1) is 4.99 Å². The molecular weight excluding hydrogens is 443 g/mol. The van der Waals surface area contributed by atoms with E-state index in [4.69, 9.17) is 10.00 Å². The smallest absolute Gasteiger partial charge is 0.414 e. The Morgan fingerprint density at radius 3 is 2.71 bits per heavy atom. The van der Waals surface area contributed by atoms with Crippen LogP contribution in [0.15, 0.2) is 46.2 Å². The quantitative estimate of drug-likeness (QED) is 0.265. The van der Waals surface area contributed by atoms with E-state index in [1.165, 1.54) is 16.7 Å². The summed E-state index contributed by atoms with van der Waals surface area (Å²) in [6.45, 7) is 5.19. The van der Waals surface area contributed by atoms with Gasteiger partial charge in [-0.25, -0.2) is 14.2 Å². The summed E-state index contributed by atoms with van der Waals surface area (Å²) in [7, 11) is 0. The fraction of sp³-hybridized carbons (Fsp3) is 0.217. The van der Waals surface area contributed by atoms with E-state index in [2.05, 4.69) is 20.6 Å². The van der Waals surface area contributed by atoms with Crippen molar-refractivity contribution in [2.45, 2.75) is 32.9 Å². The van der Waals surface area contributed by atoms with Gasteiger partial charge < -0.3 is 10.1 Å². The number of aromatic nitrogens is 2. The monoisotopic (exact) mass is 462 g/mol. The topological polar surface area (TPSA) is 138 Å². The van der Waals surface area contributed by atoms with E-state index in [0.717, 1.165) is 6.07 Å². The van der Waals surface area contributed by atoms with Gasteiger partial charge in [0.1, 0.15) is 11.4 Å². The van der Waals surface area contributed by atoms with Gasteiger partial charge in [0.25, 0.3) is 5.56 Å². The van der Waals surface area contributed by atoms with Crippen molar-refractivity contribution >= 4 is 28.7 Å². The summed E-state index contributed by atoms with van der Waals surface area (Å²) in [6.07, 6.45) is 0.803. The van der Waals surface area contributed by atoms with Crippen molar-refractivity contribution in [3.8, 4) is 11.9 Å². The van der Waals surface area contributed by atoms with E-state index in [1.54, 1.807) is 45.2 Å². The van der Waals surface area contributed by atoms with E-state index < -0.39 is 28.9 Å². The molecule has 0 radical (unpaired) electrons. The average Bonchev–Trinajstić information content (AvgIpc) is 3.03. The highest BCUT2D eigenvalue weighted by atomic mass is 19.1. The number of nitrogens with zero attached hydrogens (tertiary/aromatic N) is 4. The van der Waals surface area contributed by atoms with Gasteiger partial charge >= 0.3 is 6.09 Å². The van der Waals surface area contributed by atoms with E-state index >= 15 is 0 Å². The number of alkyl carbamates (subject to hydrolysis) is 1. The predicted molar refractivity (Wildman–Crippen MR) is 120 cm³/mol. The van der Waals surface area contributed by atoms with Crippen LogP contribution >= 0.6 is 0 Å². The number of guanidine groups is 1. The van der Waals surface area contributed by atoms with Crippen LogP contribution < -0.4 is 16.2 Å². The van der Waals surface area contributed by atoms with Crippen molar-refractivity contribution < 1.29 is 18.7 Å². The molecule has 0 spiro atoms. The fourth-order valence-corrected chi connectivity index (χ4v) is 3.47. The van der Waals surface area contributed by atoms with Crippen LogP contribution in [0.1, 0.15) is 42.5 Å². The molecule has 11 heteroatoms. The number of ketones is 1. The number of hydrogen-bond donors (Lipinski definition) is 2. The minimum atomic E-state index is -0.787. The third-order valence-corrected chi connectivity index (χ3v) is 4.82. The fourth-order valence-electron chi connectivity index (χ4n) is 3.47. The molecule has 1 aliphatic heterocycles. The first kappa shape index (κ1) is 22.6. The molecule has 1 amide bonds. The Labute approximate surface area is 192 Å². The summed E-state index contributed by atoms with van der Waals surface area (Å²) in [5.74, 6) is -1.30. The molecule has 0 aliphatic carbocycles. The molecule has 4 rings (SSSR count). The molecule has 1 aliphatic rings. The highest BCUT2D eigenvalue weighted by Gasteiger charge is 2.30. The number of halogens is 1. The standard InChI is InChI=1S/C23H19FN6O4/c1-23(2,3)34-22(33)29-21(27-11-25)26-10-12-4-6-16-14(8-12)20(32)30-17-7-5-13(24)9-15(17)18(31)19(30)28-16/h4-9H,10H2,1-3H3,(H2,26,27,29,33). The van der Waals surface area contributed by atoms with E-state index in [9.17, 15) is 18.8 Å². The number of carbonyl (C=O) groups is 2. The third-order valence-electron chi connectivity index (χ3n) is 4.82. The first-order valence-corrected chi connectivity index (χ1v) is 10.2. The predicted octanol–water partition coefficient (Wildman–Crippen LogP) is 2.52. The Morgan fingerprint density at radius 2 is 2.00 bits per heavy atom. The second-order valence-electron chi connectivity index (χ2n) is 8.46. The molecule has 0 fully saturated rings. The number of amides is 1. The molecule has 0 saturated heterocycles. The maximum atomic E-state index is 13.6. The highest BCUT2D eigenvalue weighted by Crippen LogP contribution is 2.27. The highest BCUT2D eigenvalue weighted by molar-refractivity contribution is 6.13. The van der Waals surface area contributed by atoms with Crippen LogP contribution in [-0.2, 0) is 11.3 Å². The van der Waals surface area contributed by atoms with Crippen LogP contribution in [0.25, 0.3) is 16.6 Å². The van der Waals surface area contributed by atoms with Crippen LogP contribution in [0.3, 0.4) is 0 Å². The van der Waals surface area contributed by atoms with Crippen molar-refractivity contribution in [2.75, 3.05) is 0 Å². The zero-order chi connectivity index (χ0) is 24.6. The maximum absolute atomic E-state index is 13.6. The number of hydrogen-bond acceptors (Lipinski definition) is 7. The third kappa shape index (κ3) is 4.33. The maximum Gasteiger partial charge on any atom is 0.414 e. The van der Waals surface area contributed by atoms with Crippen LogP contribution in [0.5, 0.6) is 0 Å². The minimum Gasteiger partial charge on any atom is -0.444 e. The van der Waals surface area contributed by atoms with Gasteiger partial charge in [0.05, 0.1) is 22.2 Å². The number of fused-ring (bicyclic) bond motifs is 4. The van der Waals surface area contributed by atoms with Crippen molar-refractivity contribution in [2.24, 2.45) is 4.99 Å². The summed E-state index contributed by atoms with van der Waals surface area (Å²) in [5.41, 5.74) is 0.0632. The molecular formula is C23H19FN6O4. The molecule has 2 aromatic carbocycles. The Balaban J connectivity index is 1.62. The molecule has 0 saturated carbocycles. The lowest BCUT2D eigenvalue weighted by atomic mass is 10.1. The minimum absolute atomic E-state index is 0.0750. The van der Waals surface area contributed by atoms with Gasteiger partial charge in [-0.3, -0.25) is 19.5 Å². The molecule has 0 bridgehead atoms. The lowest BCUT2D eigenvalue weighted by Gasteiger charge is -2.20. The van der Waals surface area contributed by atoms with Gasteiger partial charge in [-0.2, -0.15) is 5.26 Å². The van der Waals surface area contributed by atoms with Gasteiger partial charge in [0.15, 0.2) is 5.82 Å². The van der Waals surface area contributed by atoms with Gasteiger partial charge in [0.2, 0.25) is 17.9 Å². The van der Waals surface area contributed by atoms with Crippen LogP contribution in [0.4, 0.5) is 9.18 Å². The molecule has 0 unspecified atom stereocenters. The number of ether oxygens (including phenoxy) is 1. The number of nitrogens with one attached hydrogen (secondary N) is 2. The van der Waals surface area contributed by atoms with Crippen LogP contribution in [-0.4, -0.2) is 33.0 Å². The molecule has 1 aromatic heterocycles. The lowest BCUT2D eigenvalue weighted by Crippen LogP contribution is -2.43. The summed E-state index contributed by atoms with van der Waals surface area (Å²) in [4.78, 5) is 45.6. The van der Waals surface area contributed by atoms with E-state index in [1.807, 2.05) is 0 Å². The van der Waals surface area contributed by atoms with Crippen molar-refractivity contribution in [3.05, 3.63) is 69.5 Å². The number of nitriles is 1. The second-order valence-corrected chi connectivity index (χ2v) is 8.46. The van der Waals surface area contributed by atoms with Crippen molar-refractivity contribution in [1.29, 1.82) is 5.26 Å². The van der Waals surface area contributed by atoms with Gasteiger partial charge in [0, 0.05) is 6.54 Å². The summed E-state index contributed by atoms with van der Waals surface area (Å²) >= 11 is 0. The Morgan fingerprint density at radius 1 is 1.24 bits per heavy atom. The Bertz CT molecular complexity index is 1480. The summed E-state index contributed by atoms with van der Waals surface area (Å²) in [6, 6.07) is 8.45. The first-order chi connectivity index (χ1) is 16.1.